The molecule has 2 amide bonds. The first-order valence-corrected chi connectivity index (χ1v) is 7.28. The number of amides is 2. The Morgan fingerprint density at radius 1 is 1.24 bits per heavy atom. The number of hydrogen-bond donors (Lipinski definition) is 3. The van der Waals surface area contributed by atoms with Crippen LogP contribution >= 0.6 is 0 Å². The Morgan fingerprint density at radius 3 is 2.67 bits per heavy atom. The van der Waals surface area contributed by atoms with Crippen LogP contribution in [0.3, 0.4) is 0 Å². The summed E-state index contributed by atoms with van der Waals surface area (Å²) in [5.74, 6) is -0.966. The van der Waals surface area contributed by atoms with Crippen LogP contribution in [0.5, 0.6) is 0 Å². The van der Waals surface area contributed by atoms with Gasteiger partial charge in [0.05, 0.1) is 0 Å². The topological polar surface area (TPSA) is 81.7 Å². The molecular weight excluding hydrogens is 270 g/mol. The first kappa shape index (κ1) is 13.9. The molecule has 1 aromatic carbocycles. The van der Waals surface area contributed by atoms with Gasteiger partial charge in [-0.05, 0) is 37.6 Å². The molecule has 0 spiro atoms. The molecule has 1 saturated heterocycles. The molecule has 2 aliphatic heterocycles. The third-order valence-corrected chi connectivity index (χ3v) is 4.15. The molecular formula is C15H19N3O3. The summed E-state index contributed by atoms with van der Waals surface area (Å²) in [5.41, 5.74) is 1.61. The number of nitrogens with one attached hydrogen (secondary N) is 2. The molecule has 0 aliphatic carbocycles. The minimum atomic E-state index is -0.966. The SMILES string of the molecule is O=C(O)C1Cc2ccccc2N1C(=O)NC1CCNCC1. The van der Waals surface area contributed by atoms with E-state index < -0.39 is 12.0 Å². The lowest BCUT2D eigenvalue weighted by atomic mass is 10.1. The van der Waals surface area contributed by atoms with E-state index in [4.69, 9.17) is 0 Å². The average molecular weight is 289 g/mol. The third-order valence-electron chi connectivity index (χ3n) is 4.15. The highest BCUT2D eigenvalue weighted by molar-refractivity contribution is 6.01. The van der Waals surface area contributed by atoms with E-state index in [-0.39, 0.29) is 12.1 Å². The van der Waals surface area contributed by atoms with E-state index in [2.05, 4.69) is 10.6 Å². The summed E-state index contributed by atoms with van der Waals surface area (Å²) in [7, 11) is 0. The predicted molar refractivity (Wildman–Crippen MR) is 78.5 cm³/mol. The smallest absolute Gasteiger partial charge is 0.327 e. The van der Waals surface area contributed by atoms with Gasteiger partial charge in [0.1, 0.15) is 6.04 Å². The number of nitrogens with zero attached hydrogens (tertiary/aromatic N) is 1. The Labute approximate surface area is 123 Å². The molecule has 2 aliphatic rings. The monoisotopic (exact) mass is 289 g/mol. The highest BCUT2D eigenvalue weighted by atomic mass is 16.4. The molecule has 6 heteroatoms. The number of urea groups is 1. The minimum Gasteiger partial charge on any atom is -0.480 e. The second-order valence-electron chi connectivity index (χ2n) is 5.53. The van der Waals surface area contributed by atoms with E-state index in [1.165, 1.54) is 4.90 Å². The van der Waals surface area contributed by atoms with Gasteiger partial charge in [-0.1, -0.05) is 18.2 Å². The molecule has 3 rings (SSSR count). The first-order chi connectivity index (χ1) is 10.2. The molecule has 0 radical (unpaired) electrons. The normalized spacial score (nSPS) is 21.9. The van der Waals surface area contributed by atoms with Crippen LogP contribution < -0.4 is 15.5 Å². The molecule has 1 fully saturated rings. The van der Waals surface area contributed by atoms with E-state index >= 15 is 0 Å². The lowest BCUT2D eigenvalue weighted by Gasteiger charge is -2.28. The fraction of sp³-hybridized carbons (Fsp3) is 0.467. The zero-order valence-electron chi connectivity index (χ0n) is 11.7. The average Bonchev–Trinajstić information content (AvgIpc) is 2.88. The van der Waals surface area contributed by atoms with Gasteiger partial charge in [-0.15, -0.1) is 0 Å². The van der Waals surface area contributed by atoms with Gasteiger partial charge in [-0.2, -0.15) is 0 Å². The van der Waals surface area contributed by atoms with Crippen molar-refractivity contribution in [1.29, 1.82) is 0 Å². The van der Waals surface area contributed by atoms with Gasteiger partial charge in [-0.3, -0.25) is 4.90 Å². The molecule has 21 heavy (non-hydrogen) atoms. The van der Waals surface area contributed by atoms with E-state index in [9.17, 15) is 14.7 Å². The van der Waals surface area contributed by atoms with Crippen LogP contribution in [-0.2, 0) is 11.2 Å². The molecule has 1 unspecified atom stereocenters. The molecule has 0 aromatic heterocycles. The summed E-state index contributed by atoms with van der Waals surface area (Å²) in [6, 6.07) is 6.37. The predicted octanol–water partition coefficient (Wildman–Crippen LogP) is 0.964. The molecule has 3 N–H and O–H groups in total. The standard InChI is InChI=1S/C15H19N3O3/c19-14(20)13-9-10-3-1-2-4-12(10)18(13)15(21)17-11-5-7-16-8-6-11/h1-4,11,13,16H,5-9H2,(H,17,21)(H,19,20). The van der Waals surface area contributed by atoms with Crippen molar-refractivity contribution in [2.24, 2.45) is 0 Å². The fourth-order valence-electron chi connectivity index (χ4n) is 3.05. The van der Waals surface area contributed by atoms with E-state index in [1.807, 2.05) is 18.2 Å². The van der Waals surface area contributed by atoms with Gasteiger partial charge < -0.3 is 15.7 Å². The summed E-state index contributed by atoms with van der Waals surface area (Å²) in [6.07, 6.45) is 2.11. The van der Waals surface area contributed by atoms with Crippen molar-refractivity contribution in [2.45, 2.75) is 31.3 Å². The zero-order valence-corrected chi connectivity index (χ0v) is 11.7. The summed E-state index contributed by atoms with van der Waals surface area (Å²) in [6.45, 7) is 1.76. The van der Waals surface area contributed by atoms with Crippen LogP contribution in [0.2, 0.25) is 0 Å². The number of carbonyl (C=O) groups is 2. The Morgan fingerprint density at radius 2 is 1.95 bits per heavy atom. The molecule has 6 nitrogen and oxygen atoms in total. The maximum atomic E-state index is 12.5. The number of para-hydroxylation sites is 1. The zero-order chi connectivity index (χ0) is 14.8. The lowest BCUT2D eigenvalue weighted by Crippen LogP contribution is -2.52. The highest BCUT2D eigenvalue weighted by Crippen LogP contribution is 2.32. The molecule has 2 heterocycles. The van der Waals surface area contributed by atoms with Crippen LogP contribution in [0, 0.1) is 0 Å². The number of hydrogen-bond acceptors (Lipinski definition) is 3. The number of aliphatic carboxylic acids is 1. The Hall–Kier alpha value is -2.08. The van der Waals surface area contributed by atoms with Gasteiger partial charge in [-0.25, -0.2) is 9.59 Å². The number of carbonyl (C=O) groups excluding carboxylic acids is 1. The lowest BCUT2D eigenvalue weighted by molar-refractivity contribution is -0.138. The molecule has 0 bridgehead atoms. The Kier molecular flexibility index (Phi) is 3.79. The molecule has 0 saturated carbocycles. The largest absolute Gasteiger partial charge is 0.480 e. The summed E-state index contributed by atoms with van der Waals surface area (Å²) in [4.78, 5) is 25.4. The molecule has 1 atom stereocenters. The van der Waals surface area contributed by atoms with Gasteiger partial charge >= 0.3 is 12.0 Å². The van der Waals surface area contributed by atoms with Crippen LogP contribution in [0.25, 0.3) is 0 Å². The van der Waals surface area contributed by atoms with Crippen LogP contribution in [0.1, 0.15) is 18.4 Å². The van der Waals surface area contributed by atoms with Crippen LogP contribution in [-0.4, -0.2) is 42.3 Å². The third kappa shape index (κ3) is 2.71. The number of benzene rings is 1. The number of piperidine rings is 1. The minimum absolute atomic E-state index is 0.112. The second kappa shape index (κ2) is 5.73. The van der Waals surface area contributed by atoms with Crippen molar-refractivity contribution < 1.29 is 14.7 Å². The van der Waals surface area contributed by atoms with Crippen LogP contribution in [0.4, 0.5) is 10.5 Å². The van der Waals surface area contributed by atoms with Crippen molar-refractivity contribution in [1.82, 2.24) is 10.6 Å². The van der Waals surface area contributed by atoms with Gasteiger partial charge in [0.15, 0.2) is 0 Å². The van der Waals surface area contributed by atoms with Crippen molar-refractivity contribution >= 4 is 17.7 Å². The van der Waals surface area contributed by atoms with E-state index in [1.54, 1.807) is 6.07 Å². The number of carboxylic acid groups (broad SMARTS) is 1. The maximum Gasteiger partial charge on any atom is 0.327 e. The van der Waals surface area contributed by atoms with Crippen molar-refractivity contribution in [2.75, 3.05) is 18.0 Å². The van der Waals surface area contributed by atoms with Crippen molar-refractivity contribution in [3.8, 4) is 0 Å². The Balaban J connectivity index is 1.80. The fourth-order valence-corrected chi connectivity index (χ4v) is 3.05. The van der Waals surface area contributed by atoms with Crippen molar-refractivity contribution in [3.63, 3.8) is 0 Å². The van der Waals surface area contributed by atoms with Gasteiger partial charge in [0.2, 0.25) is 0 Å². The van der Waals surface area contributed by atoms with Crippen molar-refractivity contribution in [3.05, 3.63) is 29.8 Å². The summed E-state index contributed by atoms with van der Waals surface area (Å²) >= 11 is 0. The van der Waals surface area contributed by atoms with Crippen LogP contribution in [0.15, 0.2) is 24.3 Å². The first-order valence-electron chi connectivity index (χ1n) is 7.28. The molecule has 1 aromatic rings. The van der Waals surface area contributed by atoms with Gasteiger partial charge in [0, 0.05) is 18.2 Å². The second-order valence-corrected chi connectivity index (χ2v) is 5.53. The quantitative estimate of drug-likeness (QED) is 0.757. The maximum absolute atomic E-state index is 12.5. The Bertz CT molecular complexity index is 555. The number of fused-ring (bicyclic) bond motifs is 1. The summed E-state index contributed by atoms with van der Waals surface area (Å²) < 4.78 is 0. The highest BCUT2D eigenvalue weighted by Gasteiger charge is 2.38. The summed E-state index contributed by atoms with van der Waals surface area (Å²) in [5, 5.41) is 15.6. The number of rotatable bonds is 2. The number of carboxylic acids is 1. The molecule has 112 valence electrons. The number of anilines is 1. The van der Waals surface area contributed by atoms with E-state index in [0.29, 0.717) is 12.1 Å². The van der Waals surface area contributed by atoms with Gasteiger partial charge in [0.25, 0.3) is 0 Å². The van der Waals surface area contributed by atoms with E-state index in [0.717, 1.165) is 31.5 Å².